The second kappa shape index (κ2) is 5.97. The molecule has 1 aromatic carbocycles. The van der Waals surface area contributed by atoms with Gasteiger partial charge in [-0.1, -0.05) is 0 Å². The number of amides is 1. The Kier molecular flexibility index (Phi) is 4.31. The number of ether oxygens (including phenoxy) is 1. The number of hydrogen-bond acceptors (Lipinski definition) is 3. The van der Waals surface area contributed by atoms with Gasteiger partial charge >= 0.3 is 6.61 Å². The van der Waals surface area contributed by atoms with Crippen molar-refractivity contribution in [2.45, 2.75) is 31.9 Å². The second-order valence-electron chi connectivity index (χ2n) is 4.66. The smallest absolute Gasteiger partial charge is 0.387 e. The summed E-state index contributed by atoms with van der Waals surface area (Å²) >= 11 is 0. The van der Waals surface area contributed by atoms with E-state index in [0.29, 0.717) is 12.1 Å². The highest BCUT2D eigenvalue weighted by Gasteiger charge is 2.27. The molecule has 0 aromatic heterocycles. The van der Waals surface area contributed by atoms with Crippen LogP contribution >= 0.6 is 0 Å². The Bertz CT molecular complexity index is 437. The van der Waals surface area contributed by atoms with Crippen molar-refractivity contribution in [3.8, 4) is 5.75 Å². The summed E-state index contributed by atoms with van der Waals surface area (Å²) in [6.07, 6.45) is 2.34. The summed E-state index contributed by atoms with van der Waals surface area (Å²) in [5, 5.41) is 2.75. The van der Waals surface area contributed by atoms with Crippen molar-refractivity contribution < 1.29 is 18.3 Å². The molecule has 0 aliphatic heterocycles. The van der Waals surface area contributed by atoms with E-state index in [9.17, 15) is 13.6 Å². The third-order valence-corrected chi connectivity index (χ3v) is 3.19. The van der Waals surface area contributed by atoms with Crippen LogP contribution < -0.4 is 15.8 Å². The van der Waals surface area contributed by atoms with E-state index in [-0.39, 0.29) is 23.6 Å². The van der Waals surface area contributed by atoms with Crippen LogP contribution in [-0.2, 0) is 4.79 Å². The van der Waals surface area contributed by atoms with E-state index in [0.717, 1.165) is 12.8 Å². The van der Waals surface area contributed by atoms with Crippen LogP contribution in [0.1, 0.15) is 19.3 Å². The van der Waals surface area contributed by atoms with E-state index in [2.05, 4.69) is 10.1 Å². The van der Waals surface area contributed by atoms with Crippen LogP contribution in [0.15, 0.2) is 24.3 Å². The van der Waals surface area contributed by atoms with Gasteiger partial charge in [0.05, 0.1) is 0 Å². The van der Waals surface area contributed by atoms with Gasteiger partial charge in [0.1, 0.15) is 5.75 Å². The maximum Gasteiger partial charge on any atom is 0.387 e. The Morgan fingerprint density at radius 2 is 2.00 bits per heavy atom. The molecule has 0 saturated heterocycles. The topological polar surface area (TPSA) is 64.4 Å². The van der Waals surface area contributed by atoms with Crippen molar-refractivity contribution >= 4 is 11.6 Å². The van der Waals surface area contributed by atoms with Crippen molar-refractivity contribution in [3.63, 3.8) is 0 Å². The Hall–Kier alpha value is -1.69. The zero-order valence-electron chi connectivity index (χ0n) is 10.3. The average Bonchev–Trinajstić information content (AvgIpc) is 2.78. The van der Waals surface area contributed by atoms with E-state index in [1.807, 2.05) is 0 Å². The van der Waals surface area contributed by atoms with Crippen LogP contribution in [0.25, 0.3) is 0 Å². The molecule has 0 radical (unpaired) electrons. The van der Waals surface area contributed by atoms with Crippen LogP contribution in [0.5, 0.6) is 5.75 Å². The Labute approximate surface area is 109 Å². The van der Waals surface area contributed by atoms with Crippen LogP contribution in [0.2, 0.25) is 0 Å². The summed E-state index contributed by atoms with van der Waals surface area (Å²) < 4.78 is 28.2. The highest BCUT2D eigenvalue weighted by Crippen LogP contribution is 2.26. The van der Waals surface area contributed by atoms with Gasteiger partial charge in [-0.25, -0.2) is 0 Å². The van der Waals surface area contributed by atoms with E-state index in [4.69, 9.17) is 5.73 Å². The molecule has 1 saturated carbocycles. The van der Waals surface area contributed by atoms with Crippen molar-refractivity contribution in [1.82, 2.24) is 0 Å². The SMILES string of the molecule is NC1CCC(C(=O)Nc2ccc(OC(F)F)cc2)C1. The normalized spacial score (nSPS) is 22.5. The Morgan fingerprint density at radius 1 is 1.32 bits per heavy atom. The van der Waals surface area contributed by atoms with Gasteiger partial charge < -0.3 is 15.8 Å². The molecule has 0 bridgehead atoms. The lowest BCUT2D eigenvalue weighted by Gasteiger charge is -2.11. The molecule has 3 N–H and O–H groups in total. The molecule has 4 nitrogen and oxygen atoms in total. The van der Waals surface area contributed by atoms with Crippen molar-refractivity contribution in [2.75, 3.05) is 5.32 Å². The second-order valence-corrected chi connectivity index (χ2v) is 4.66. The number of anilines is 1. The molecule has 19 heavy (non-hydrogen) atoms. The summed E-state index contributed by atoms with van der Waals surface area (Å²) in [7, 11) is 0. The number of nitrogens with two attached hydrogens (primary N) is 1. The molecule has 6 heteroatoms. The molecule has 1 aliphatic rings. The van der Waals surface area contributed by atoms with Crippen LogP contribution in [0.4, 0.5) is 14.5 Å². The minimum Gasteiger partial charge on any atom is -0.435 e. The molecule has 104 valence electrons. The summed E-state index contributed by atoms with van der Waals surface area (Å²) in [4.78, 5) is 11.9. The standard InChI is InChI=1S/C13H16F2N2O2/c14-13(15)19-11-5-3-10(4-6-11)17-12(18)8-1-2-9(16)7-8/h3-6,8-9,13H,1-2,7,16H2,(H,17,18). The van der Waals surface area contributed by atoms with E-state index in [1.54, 1.807) is 0 Å². The number of hydrogen-bond donors (Lipinski definition) is 2. The highest BCUT2D eigenvalue weighted by atomic mass is 19.3. The zero-order chi connectivity index (χ0) is 13.8. The molecule has 0 spiro atoms. The van der Waals surface area contributed by atoms with Gasteiger partial charge in [-0.3, -0.25) is 4.79 Å². The number of alkyl halides is 2. The van der Waals surface area contributed by atoms with Crippen LogP contribution in [0, 0.1) is 5.92 Å². The molecule has 1 aromatic rings. The summed E-state index contributed by atoms with van der Waals surface area (Å²) in [6, 6.07) is 5.94. The first-order valence-electron chi connectivity index (χ1n) is 6.16. The first-order valence-corrected chi connectivity index (χ1v) is 6.16. The van der Waals surface area contributed by atoms with Crippen molar-refractivity contribution in [3.05, 3.63) is 24.3 Å². The average molecular weight is 270 g/mol. The van der Waals surface area contributed by atoms with Gasteiger partial charge in [0.15, 0.2) is 0 Å². The predicted octanol–water partition coefficient (Wildman–Crippen LogP) is 2.35. The first kappa shape index (κ1) is 13.7. The van der Waals surface area contributed by atoms with Gasteiger partial charge in [0.2, 0.25) is 5.91 Å². The lowest BCUT2D eigenvalue weighted by atomic mass is 10.1. The third-order valence-electron chi connectivity index (χ3n) is 3.19. The fraction of sp³-hybridized carbons (Fsp3) is 0.462. The monoisotopic (exact) mass is 270 g/mol. The minimum absolute atomic E-state index is 0.0630. The molecule has 1 aliphatic carbocycles. The minimum atomic E-state index is -2.85. The van der Waals surface area contributed by atoms with E-state index < -0.39 is 6.61 Å². The Balaban J connectivity index is 1.90. The highest BCUT2D eigenvalue weighted by molar-refractivity contribution is 5.92. The number of rotatable bonds is 4. The summed E-state index contributed by atoms with van der Waals surface area (Å²) in [5.74, 6) is -0.0710. The maximum absolute atomic E-state index is 12.0. The first-order chi connectivity index (χ1) is 9.04. The fourth-order valence-electron chi connectivity index (χ4n) is 2.22. The zero-order valence-corrected chi connectivity index (χ0v) is 10.3. The van der Waals surface area contributed by atoms with Gasteiger partial charge in [-0.05, 0) is 43.5 Å². The van der Waals surface area contributed by atoms with Crippen LogP contribution in [0.3, 0.4) is 0 Å². The van der Waals surface area contributed by atoms with Crippen LogP contribution in [-0.4, -0.2) is 18.6 Å². The van der Waals surface area contributed by atoms with Gasteiger partial charge in [-0.2, -0.15) is 8.78 Å². The van der Waals surface area contributed by atoms with Gasteiger partial charge in [0, 0.05) is 17.6 Å². The van der Waals surface area contributed by atoms with E-state index >= 15 is 0 Å². The molecular weight excluding hydrogens is 254 g/mol. The lowest BCUT2D eigenvalue weighted by Crippen LogP contribution is -2.23. The lowest BCUT2D eigenvalue weighted by molar-refractivity contribution is -0.119. The van der Waals surface area contributed by atoms with E-state index in [1.165, 1.54) is 24.3 Å². The summed E-state index contributed by atoms with van der Waals surface area (Å²) in [5.41, 5.74) is 6.32. The van der Waals surface area contributed by atoms with Gasteiger partial charge in [0.25, 0.3) is 0 Å². The molecule has 2 unspecified atom stereocenters. The molecule has 0 heterocycles. The quantitative estimate of drug-likeness (QED) is 0.882. The predicted molar refractivity (Wildman–Crippen MR) is 67.0 cm³/mol. The molecular formula is C13H16F2N2O2. The summed E-state index contributed by atoms with van der Waals surface area (Å²) in [6.45, 7) is -2.85. The van der Waals surface area contributed by atoms with Crippen molar-refractivity contribution in [1.29, 1.82) is 0 Å². The number of benzene rings is 1. The number of nitrogens with one attached hydrogen (secondary N) is 1. The number of carbonyl (C=O) groups is 1. The Morgan fingerprint density at radius 3 is 2.53 bits per heavy atom. The van der Waals surface area contributed by atoms with Gasteiger partial charge in [-0.15, -0.1) is 0 Å². The fourth-order valence-corrected chi connectivity index (χ4v) is 2.22. The number of carbonyl (C=O) groups excluding carboxylic acids is 1. The van der Waals surface area contributed by atoms with Crippen molar-refractivity contribution in [2.24, 2.45) is 11.7 Å². The number of halogens is 2. The molecule has 1 amide bonds. The maximum atomic E-state index is 12.0. The largest absolute Gasteiger partial charge is 0.435 e. The molecule has 2 rings (SSSR count). The molecule has 1 fully saturated rings. The third kappa shape index (κ3) is 3.89. The molecule has 2 atom stereocenters.